The highest BCUT2D eigenvalue weighted by Crippen LogP contribution is 2.20. The van der Waals surface area contributed by atoms with Gasteiger partial charge in [0.25, 0.3) is 5.91 Å². The van der Waals surface area contributed by atoms with Gasteiger partial charge < -0.3 is 10.2 Å². The lowest BCUT2D eigenvalue weighted by atomic mass is 10.0. The summed E-state index contributed by atoms with van der Waals surface area (Å²) in [7, 11) is 1.97. The van der Waals surface area contributed by atoms with E-state index in [0.29, 0.717) is 6.04 Å². The number of halogens is 1. The molecule has 1 aliphatic heterocycles. The summed E-state index contributed by atoms with van der Waals surface area (Å²) in [5.74, 6) is 0.169. The molecule has 4 heteroatoms. The Kier molecular flexibility index (Phi) is 4.61. The zero-order valence-corrected chi connectivity index (χ0v) is 13.0. The molecule has 3 nitrogen and oxygen atoms in total. The zero-order valence-electron chi connectivity index (χ0n) is 10.9. The van der Waals surface area contributed by atoms with Crippen molar-refractivity contribution in [3.8, 4) is 0 Å². The maximum Gasteiger partial charge on any atom is 0.254 e. The number of nitrogens with zero attached hydrogens (tertiary/aromatic N) is 1. The third-order valence-corrected chi connectivity index (χ3v) is 4.97. The van der Waals surface area contributed by atoms with Gasteiger partial charge in [0, 0.05) is 22.7 Å². The van der Waals surface area contributed by atoms with Crippen molar-refractivity contribution >= 4 is 28.5 Å². The first-order valence-electron chi connectivity index (χ1n) is 6.35. The van der Waals surface area contributed by atoms with Crippen LogP contribution in [-0.4, -0.2) is 37.0 Å². The number of hydrogen-bond acceptors (Lipinski definition) is 2. The predicted octanol–water partition coefficient (Wildman–Crippen LogP) is 2.42. The molecule has 1 aromatic carbocycles. The van der Waals surface area contributed by atoms with Gasteiger partial charge in [-0.3, -0.25) is 4.79 Å². The van der Waals surface area contributed by atoms with Crippen LogP contribution in [0.1, 0.15) is 28.8 Å². The van der Waals surface area contributed by atoms with Gasteiger partial charge in [-0.2, -0.15) is 0 Å². The molecule has 0 spiro atoms. The van der Waals surface area contributed by atoms with Gasteiger partial charge in [0.05, 0.1) is 5.56 Å². The van der Waals surface area contributed by atoms with Crippen LogP contribution in [-0.2, 0) is 0 Å². The maximum atomic E-state index is 12.5. The van der Waals surface area contributed by atoms with Gasteiger partial charge >= 0.3 is 0 Å². The average Bonchev–Trinajstić information content (AvgIpc) is 2.41. The van der Waals surface area contributed by atoms with Crippen LogP contribution in [0.2, 0.25) is 0 Å². The first-order chi connectivity index (χ1) is 8.63. The number of nitrogens with one attached hydrogen (secondary N) is 1. The Morgan fingerprint density at radius 2 is 2.28 bits per heavy atom. The Balaban J connectivity index is 2.18. The maximum absolute atomic E-state index is 12.5. The highest BCUT2D eigenvalue weighted by Gasteiger charge is 2.24. The molecule has 0 aliphatic carbocycles. The molecule has 1 amide bonds. The molecule has 18 heavy (non-hydrogen) atoms. The van der Waals surface area contributed by atoms with Crippen molar-refractivity contribution in [2.24, 2.45) is 0 Å². The molecule has 98 valence electrons. The van der Waals surface area contributed by atoms with Crippen LogP contribution in [0.15, 0.2) is 18.2 Å². The third kappa shape index (κ3) is 2.85. The lowest BCUT2D eigenvalue weighted by molar-refractivity contribution is 0.0697. The first kappa shape index (κ1) is 13.8. The number of likely N-dealkylation sites (N-methyl/N-ethyl adjacent to an activating group) is 1. The quantitative estimate of drug-likeness (QED) is 0.824. The summed E-state index contributed by atoms with van der Waals surface area (Å²) in [5.41, 5.74) is 2.01. The molecule has 1 saturated heterocycles. The number of aryl methyl sites for hydroxylation is 1. The van der Waals surface area contributed by atoms with E-state index >= 15 is 0 Å². The molecule has 0 radical (unpaired) electrons. The molecule has 1 N–H and O–H groups in total. The van der Waals surface area contributed by atoms with E-state index in [-0.39, 0.29) is 5.91 Å². The summed E-state index contributed by atoms with van der Waals surface area (Å²) in [5, 5.41) is 3.27. The monoisotopic (exact) mass is 358 g/mol. The molecular formula is C14H19IN2O. The number of likely N-dealkylation sites (tertiary alicyclic amines) is 1. The number of amides is 1. The number of carbonyl (C=O) groups is 1. The van der Waals surface area contributed by atoms with Crippen LogP contribution in [0.4, 0.5) is 0 Å². The Bertz CT molecular complexity index is 447. The lowest BCUT2D eigenvalue weighted by Gasteiger charge is -2.33. The van der Waals surface area contributed by atoms with E-state index < -0.39 is 0 Å². The van der Waals surface area contributed by atoms with Crippen LogP contribution in [0.5, 0.6) is 0 Å². The fourth-order valence-electron chi connectivity index (χ4n) is 2.38. The van der Waals surface area contributed by atoms with Crippen molar-refractivity contribution in [3.63, 3.8) is 0 Å². The molecule has 1 atom stereocenters. The highest BCUT2D eigenvalue weighted by atomic mass is 127. The van der Waals surface area contributed by atoms with E-state index in [2.05, 4.69) is 27.9 Å². The van der Waals surface area contributed by atoms with Gasteiger partial charge in [0.15, 0.2) is 0 Å². The van der Waals surface area contributed by atoms with Crippen molar-refractivity contribution < 1.29 is 4.79 Å². The Labute approximate surface area is 122 Å². The van der Waals surface area contributed by atoms with Crippen molar-refractivity contribution in [2.45, 2.75) is 25.8 Å². The molecule has 1 aliphatic rings. The van der Waals surface area contributed by atoms with Crippen LogP contribution >= 0.6 is 22.6 Å². The van der Waals surface area contributed by atoms with E-state index in [1.807, 2.05) is 37.1 Å². The molecule has 0 bridgehead atoms. The van der Waals surface area contributed by atoms with Crippen molar-refractivity contribution in [3.05, 3.63) is 32.9 Å². The number of carbonyl (C=O) groups excluding carboxylic acids is 1. The molecule has 2 rings (SSSR count). The molecule has 0 aromatic heterocycles. The SMILES string of the molecule is CNC1CCCN(C(=O)c2cccc(C)c2I)C1. The molecule has 1 unspecified atom stereocenters. The molecular weight excluding hydrogens is 339 g/mol. The smallest absolute Gasteiger partial charge is 0.254 e. The van der Waals surface area contributed by atoms with Crippen LogP contribution in [0, 0.1) is 10.5 Å². The van der Waals surface area contributed by atoms with Crippen molar-refractivity contribution in [1.29, 1.82) is 0 Å². The summed E-state index contributed by atoms with van der Waals surface area (Å²) in [6, 6.07) is 6.38. The summed E-state index contributed by atoms with van der Waals surface area (Å²) in [6.45, 7) is 3.74. The standard InChI is InChI=1S/C14H19IN2O/c1-10-5-3-7-12(13(10)15)14(18)17-8-4-6-11(9-17)16-2/h3,5,7,11,16H,4,6,8-9H2,1-2H3. The summed E-state index contributed by atoms with van der Waals surface area (Å²) >= 11 is 2.27. The average molecular weight is 358 g/mol. The highest BCUT2D eigenvalue weighted by molar-refractivity contribution is 14.1. The molecule has 1 heterocycles. The van der Waals surface area contributed by atoms with E-state index in [1.165, 1.54) is 5.56 Å². The van der Waals surface area contributed by atoms with Crippen LogP contribution in [0.3, 0.4) is 0 Å². The Morgan fingerprint density at radius 3 is 3.00 bits per heavy atom. The minimum Gasteiger partial charge on any atom is -0.337 e. The van der Waals surface area contributed by atoms with E-state index in [1.54, 1.807) is 0 Å². The van der Waals surface area contributed by atoms with Gasteiger partial charge in [-0.15, -0.1) is 0 Å². The van der Waals surface area contributed by atoms with Gasteiger partial charge in [0.1, 0.15) is 0 Å². The molecule has 0 saturated carbocycles. The third-order valence-electron chi connectivity index (χ3n) is 3.54. The van der Waals surface area contributed by atoms with Gasteiger partial charge in [0.2, 0.25) is 0 Å². The fraction of sp³-hybridized carbons (Fsp3) is 0.500. The van der Waals surface area contributed by atoms with Gasteiger partial charge in [-0.25, -0.2) is 0 Å². The fourth-order valence-corrected chi connectivity index (χ4v) is 2.97. The van der Waals surface area contributed by atoms with Crippen LogP contribution < -0.4 is 5.32 Å². The predicted molar refractivity (Wildman–Crippen MR) is 81.9 cm³/mol. The van der Waals surface area contributed by atoms with Crippen LogP contribution in [0.25, 0.3) is 0 Å². The first-order valence-corrected chi connectivity index (χ1v) is 7.43. The van der Waals surface area contributed by atoms with Gasteiger partial charge in [-0.1, -0.05) is 12.1 Å². The summed E-state index contributed by atoms with van der Waals surface area (Å²) in [6.07, 6.45) is 2.24. The number of hydrogen-bond donors (Lipinski definition) is 1. The number of rotatable bonds is 2. The second-order valence-corrected chi connectivity index (χ2v) is 5.89. The lowest BCUT2D eigenvalue weighted by Crippen LogP contribution is -2.47. The van der Waals surface area contributed by atoms with E-state index in [4.69, 9.17) is 0 Å². The van der Waals surface area contributed by atoms with E-state index in [9.17, 15) is 4.79 Å². The number of piperidine rings is 1. The Hall–Kier alpha value is -0.620. The second-order valence-electron chi connectivity index (χ2n) is 4.82. The largest absolute Gasteiger partial charge is 0.337 e. The minimum atomic E-state index is 0.169. The summed E-state index contributed by atoms with van der Waals surface area (Å²) in [4.78, 5) is 14.5. The second kappa shape index (κ2) is 6.02. The van der Waals surface area contributed by atoms with Crippen molar-refractivity contribution in [1.82, 2.24) is 10.2 Å². The van der Waals surface area contributed by atoms with Crippen molar-refractivity contribution in [2.75, 3.05) is 20.1 Å². The molecule has 1 aromatic rings. The Morgan fingerprint density at radius 1 is 1.50 bits per heavy atom. The van der Waals surface area contributed by atoms with E-state index in [0.717, 1.165) is 35.1 Å². The zero-order chi connectivity index (χ0) is 13.1. The van der Waals surface area contributed by atoms with Gasteiger partial charge in [-0.05, 0) is 61.0 Å². The summed E-state index contributed by atoms with van der Waals surface area (Å²) < 4.78 is 1.08. The topological polar surface area (TPSA) is 32.3 Å². The normalized spacial score (nSPS) is 19.9. The number of benzene rings is 1. The molecule has 1 fully saturated rings. The minimum absolute atomic E-state index is 0.169.